The summed E-state index contributed by atoms with van der Waals surface area (Å²) in [5.41, 5.74) is 1.09. The Hall–Kier alpha value is -2.17. The summed E-state index contributed by atoms with van der Waals surface area (Å²) >= 11 is 0. The molecule has 5 nitrogen and oxygen atoms in total. The molecule has 0 aromatic carbocycles. The van der Waals surface area contributed by atoms with Gasteiger partial charge >= 0.3 is 0 Å². The number of nitrogens with one attached hydrogen (secondary N) is 1. The highest BCUT2D eigenvalue weighted by atomic mass is 15.2. The molecule has 1 aliphatic rings. The van der Waals surface area contributed by atoms with Gasteiger partial charge in [-0.15, -0.1) is 0 Å². The molecule has 1 unspecified atom stereocenters. The van der Waals surface area contributed by atoms with Gasteiger partial charge < -0.3 is 10.2 Å². The fraction of sp³-hybridized carbons (Fsp3) is 0.438. The van der Waals surface area contributed by atoms with E-state index in [1.54, 1.807) is 0 Å². The van der Waals surface area contributed by atoms with Gasteiger partial charge in [-0.3, -0.25) is 0 Å². The van der Waals surface area contributed by atoms with Crippen molar-refractivity contribution in [3.8, 4) is 0 Å². The van der Waals surface area contributed by atoms with Crippen LogP contribution in [-0.2, 0) is 6.42 Å². The van der Waals surface area contributed by atoms with Gasteiger partial charge in [-0.1, -0.05) is 13.0 Å². The fourth-order valence-corrected chi connectivity index (χ4v) is 2.72. The second-order valence-corrected chi connectivity index (χ2v) is 5.41. The first-order valence-electron chi connectivity index (χ1n) is 7.51. The summed E-state index contributed by atoms with van der Waals surface area (Å²) in [7, 11) is 0. The summed E-state index contributed by atoms with van der Waals surface area (Å²) in [4.78, 5) is 15.6. The van der Waals surface area contributed by atoms with E-state index in [-0.39, 0.29) is 0 Å². The predicted octanol–water partition coefficient (Wildman–Crippen LogP) is 2.43. The van der Waals surface area contributed by atoms with Gasteiger partial charge in [-0.2, -0.15) is 0 Å². The molecule has 1 aliphatic heterocycles. The zero-order chi connectivity index (χ0) is 14.7. The van der Waals surface area contributed by atoms with Crippen LogP contribution in [0.4, 0.5) is 11.6 Å². The summed E-state index contributed by atoms with van der Waals surface area (Å²) in [6.45, 7) is 6.05. The second-order valence-electron chi connectivity index (χ2n) is 5.41. The molecule has 0 radical (unpaired) electrons. The van der Waals surface area contributed by atoms with Crippen molar-refractivity contribution in [3.63, 3.8) is 0 Å². The molecule has 2 aromatic rings. The molecule has 1 atom stereocenters. The van der Waals surface area contributed by atoms with E-state index < -0.39 is 0 Å². The van der Waals surface area contributed by atoms with Gasteiger partial charge in [0.25, 0.3) is 0 Å². The van der Waals surface area contributed by atoms with Crippen molar-refractivity contribution in [2.45, 2.75) is 32.7 Å². The van der Waals surface area contributed by atoms with Gasteiger partial charge in [0.1, 0.15) is 17.5 Å². The average Bonchev–Trinajstić information content (AvgIpc) is 2.96. The predicted molar refractivity (Wildman–Crippen MR) is 84.6 cm³/mol. The molecule has 3 rings (SSSR count). The number of aromatic nitrogens is 3. The molecular weight excluding hydrogens is 262 g/mol. The lowest BCUT2D eigenvalue weighted by molar-refractivity contribution is 0.793. The maximum atomic E-state index is 4.49. The minimum atomic E-state index is 0.408. The van der Waals surface area contributed by atoms with Crippen LogP contribution in [0.15, 0.2) is 30.5 Å². The molecule has 1 N–H and O–H groups in total. The Labute approximate surface area is 125 Å². The van der Waals surface area contributed by atoms with Crippen LogP contribution in [0.3, 0.4) is 0 Å². The Kier molecular flexibility index (Phi) is 3.99. The SMILES string of the molecule is CCc1cc(NC2CCN(c3ccccn3)C2)nc(C)n1. The first-order valence-corrected chi connectivity index (χ1v) is 7.51. The number of aryl methyl sites for hydroxylation is 2. The number of hydrogen-bond acceptors (Lipinski definition) is 5. The number of hydrogen-bond donors (Lipinski definition) is 1. The summed E-state index contributed by atoms with van der Waals surface area (Å²) in [5.74, 6) is 2.82. The van der Waals surface area contributed by atoms with E-state index in [0.29, 0.717) is 6.04 Å². The lowest BCUT2D eigenvalue weighted by atomic mass is 10.2. The normalized spacial score (nSPS) is 18.0. The lowest BCUT2D eigenvalue weighted by Crippen LogP contribution is -2.27. The number of nitrogens with zero attached hydrogens (tertiary/aromatic N) is 4. The van der Waals surface area contributed by atoms with Crippen LogP contribution in [0.1, 0.15) is 24.9 Å². The third-order valence-electron chi connectivity index (χ3n) is 3.77. The molecule has 1 saturated heterocycles. The minimum absolute atomic E-state index is 0.408. The highest BCUT2D eigenvalue weighted by Gasteiger charge is 2.23. The third-order valence-corrected chi connectivity index (χ3v) is 3.77. The van der Waals surface area contributed by atoms with Gasteiger partial charge in [0.05, 0.1) is 0 Å². The van der Waals surface area contributed by atoms with E-state index in [4.69, 9.17) is 0 Å². The zero-order valence-corrected chi connectivity index (χ0v) is 12.6. The van der Waals surface area contributed by atoms with Crippen molar-refractivity contribution >= 4 is 11.6 Å². The summed E-state index contributed by atoms with van der Waals surface area (Å²) in [6, 6.07) is 8.50. The van der Waals surface area contributed by atoms with Crippen molar-refractivity contribution in [1.29, 1.82) is 0 Å². The van der Waals surface area contributed by atoms with Crippen molar-refractivity contribution in [2.24, 2.45) is 0 Å². The first kappa shape index (κ1) is 13.8. The van der Waals surface area contributed by atoms with Crippen LogP contribution in [-0.4, -0.2) is 34.1 Å². The van der Waals surface area contributed by atoms with Crippen LogP contribution in [0.2, 0.25) is 0 Å². The zero-order valence-electron chi connectivity index (χ0n) is 12.6. The monoisotopic (exact) mass is 283 g/mol. The van der Waals surface area contributed by atoms with E-state index in [1.165, 1.54) is 0 Å². The van der Waals surface area contributed by atoms with Gasteiger partial charge in [-0.25, -0.2) is 15.0 Å². The quantitative estimate of drug-likeness (QED) is 0.934. The molecule has 5 heteroatoms. The van der Waals surface area contributed by atoms with E-state index in [2.05, 4.69) is 44.2 Å². The van der Waals surface area contributed by atoms with Crippen LogP contribution in [0.5, 0.6) is 0 Å². The highest BCUT2D eigenvalue weighted by molar-refractivity contribution is 5.43. The summed E-state index contributed by atoms with van der Waals surface area (Å²) in [5, 5.41) is 3.54. The van der Waals surface area contributed by atoms with Gasteiger partial charge in [0.15, 0.2) is 0 Å². The lowest BCUT2D eigenvalue weighted by Gasteiger charge is -2.18. The highest BCUT2D eigenvalue weighted by Crippen LogP contribution is 2.20. The number of pyridine rings is 1. The molecule has 0 amide bonds. The van der Waals surface area contributed by atoms with Crippen LogP contribution in [0.25, 0.3) is 0 Å². The van der Waals surface area contributed by atoms with Gasteiger partial charge in [-0.05, 0) is 31.9 Å². The Balaban J connectivity index is 1.66. The molecule has 0 aliphatic carbocycles. The molecule has 2 aromatic heterocycles. The van der Waals surface area contributed by atoms with Gasteiger partial charge in [0, 0.05) is 37.1 Å². The van der Waals surface area contributed by atoms with Crippen molar-refractivity contribution in [3.05, 3.63) is 42.0 Å². The minimum Gasteiger partial charge on any atom is -0.365 e. The maximum Gasteiger partial charge on any atom is 0.130 e. The number of anilines is 2. The van der Waals surface area contributed by atoms with Crippen LogP contribution in [0, 0.1) is 6.92 Å². The first-order chi connectivity index (χ1) is 10.2. The molecule has 3 heterocycles. The van der Waals surface area contributed by atoms with E-state index in [9.17, 15) is 0 Å². The molecule has 1 fully saturated rings. The molecular formula is C16H21N5. The Bertz CT molecular complexity index is 599. The summed E-state index contributed by atoms with van der Waals surface area (Å²) < 4.78 is 0. The van der Waals surface area contributed by atoms with Crippen molar-refractivity contribution < 1.29 is 0 Å². The summed E-state index contributed by atoms with van der Waals surface area (Å²) in [6.07, 6.45) is 3.88. The third kappa shape index (κ3) is 3.29. The molecule has 110 valence electrons. The van der Waals surface area contributed by atoms with Crippen molar-refractivity contribution in [2.75, 3.05) is 23.3 Å². The van der Waals surface area contributed by atoms with E-state index in [1.807, 2.05) is 25.3 Å². The van der Waals surface area contributed by atoms with Gasteiger partial charge in [0.2, 0.25) is 0 Å². The fourth-order valence-electron chi connectivity index (χ4n) is 2.72. The van der Waals surface area contributed by atoms with E-state index >= 15 is 0 Å². The standard InChI is InChI=1S/C16H21N5/c1-3-13-10-15(19-12(2)18-13)20-14-7-9-21(11-14)16-6-4-5-8-17-16/h4-6,8,10,14H,3,7,9,11H2,1-2H3,(H,18,19,20). The molecule has 0 spiro atoms. The van der Waals surface area contributed by atoms with Crippen LogP contribution >= 0.6 is 0 Å². The van der Waals surface area contributed by atoms with Crippen molar-refractivity contribution in [1.82, 2.24) is 15.0 Å². The number of rotatable bonds is 4. The average molecular weight is 283 g/mol. The van der Waals surface area contributed by atoms with Crippen LogP contribution < -0.4 is 10.2 Å². The second kappa shape index (κ2) is 6.08. The smallest absolute Gasteiger partial charge is 0.130 e. The Morgan fingerprint density at radius 1 is 1.33 bits per heavy atom. The topological polar surface area (TPSA) is 53.9 Å². The molecule has 0 saturated carbocycles. The Morgan fingerprint density at radius 3 is 3.00 bits per heavy atom. The van der Waals surface area contributed by atoms with E-state index in [0.717, 1.165) is 49.1 Å². The molecule has 21 heavy (non-hydrogen) atoms. The largest absolute Gasteiger partial charge is 0.365 e. The molecule has 0 bridgehead atoms. The Morgan fingerprint density at radius 2 is 2.24 bits per heavy atom. The maximum absolute atomic E-state index is 4.49.